The predicted molar refractivity (Wildman–Crippen MR) is 70.8 cm³/mol. The molecule has 0 amide bonds. The first-order valence-electron chi connectivity index (χ1n) is 4.71. The second-order valence-corrected chi connectivity index (χ2v) is 5.08. The van der Waals surface area contributed by atoms with Crippen molar-refractivity contribution in [2.75, 3.05) is 11.1 Å². The summed E-state index contributed by atoms with van der Waals surface area (Å²) >= 11 is 4.14. The molecule has 0 aliphatic heterocycles. The SMILES string of the molecule is Nc1cc(Br)c(F)cc1NCc1csc(=O)[nH]1. The molecule has 0 atom stereocenters. The van der Waals surface area contributed by atoms with Gasteiger partial charge in [-0.1, -0.05) is 11.3 Å². The van der Waals surface area contributed by atoms with Crippen LogP contribution in [0.15, 0.2) is 26.8 Å². The smallest absolute Gasteiger partial charge is 0.304 e. The van der Waals surface area contributed by atoms with Crippen LogP contribution in [-0.4, -0.2) is 4.98 Å². The highest BCUT2D eigenvalue weighted by atomic mass is 79.9. The summed E-state index contributed by atoms with van der Waals surface area (Å²) in [5.41, 5.74) is 7.41. The molecule has 0 saturated heterocycles. The van der Waals surface area contributed by atoms with E-state index in [0.29, 0.717) is 22.4 Å². The highest BCUT2D eigenvalue weighted by molar-refractivity contribution is 9.10. The van der Waals surface area contributed by atoms with Crippen LogP contribution in [0.1, 0.15) is 5.69 Å². The summed E-state index contributed by atoms with van der Waals surface area (Å²) in [5.74, 6) is -0.388. The van der Waals surface area contributed by atoms with Gasteiger partial charge in [-0.15, -0.1) is 0 Å². The average Bonchev–Trinajstić information content (AvgIpc) is 2.68. The van der Waals surface area contributed by atoms with Gasteiger partial charge in [0.15, 0.2) is 0 Å². The van der Waals surface area contributed by atoms with Gasteiger partial charge in [0.1, 0.15) is 5.82 Å². The van der Waals surface area contributed by atoms with Gasteiger partial charge in [0.25, 0.3) is 0 Å². The van der Waals surface area contributed by atoms with Crippen molar-refractivity contribution < 1.29 is 4.39 Å². The number of nitrogens with one attached hydrogen (secondary N) is 2. The quantitative estimate of drug-likeness (QED) is 0.762. The number of aromatic amines is 1. The molecule has 0 radical (unpaired) electrons. The lowest BCUT2D eigenvalue weighted by atomic mass is 10.2. The summed E-state index contributed by atoms with van der Waals surface area (Å²) in [6.07, 6.45) is 0. The molecule has 0 spiro atoms. The zero-order valence-corrected chi connectivity index (χ0v) is 11.0. The van der Waals surface area contributed by atoms with Crippen LogP contribution >= 0.6 is 27.3 Å². The van der Waals surface area contributed by atoms with Gasteiger partial charge < -0.3 is 16.0 Å². The van der Waals surface area contributed by atoms with Crippen molar-refractivity contribution in [2.45, 2.75) is 6.54 Å². The van der Waals surface area contributed by atoms with Crippen molar-refractivity contribution in [1.29, 1.82) is 0 Å². The first-order valence-corrected chi connectivity index (χ1v) is 6.38. The van der Waals surface area contributed by atoms with E-state index in [1.807, 2.05) is 0 Å². The second-order valence-electron chi connectivity index (χ2n) is 3.38. The topological polar surface area (TPSA) is 70.9 Å². The Kier molecular flexibility index (Phi) is 3.49. The van der Waals surface area contributed by atoms with Crippen molar-refractivity contribution in [1.82, 2.24) is 4.98 Å². The van der Waals surface area contributed by atoms with Gasteiger partial charge in [-0.2, -0.15) is 0 Å². The molecule has 0 aliphatic carbocycles. The first kappa shape index (κ1) is 12.1. The maximum atomic E-state index is 13.3. The molecule has 2 rings (SSSR count). The number of halogens is 2. The van der Waals surface area contributed by atoms with Gasteiger partial charge in [-0.3, -0.25) is 4.79 Å². The Morgan fingerprint density at radius 1 is 1.53 bits per heavy atom. The summed E-state index contributed by atoms with van der Waals surface area (Å²) in [4.78, 5) is 13.4. The van der Waals surface area contributed by atoms with Crippen LogP contribution < -0.4 is 15.9 Å². The van der Waals surface area contributed by atoms with Crippen LogP contribution in [0.2, 0.25) is 0 Å². The third kappa shape index (κ3) is 2.86. The molecular weight excluding hydrogens is 309 g/mol. The van der Waals surface area contributed by atoms with Gasteiger partial charge in [-0.25, -0.2) is 4.39 Å². The average molecular weight is 318 g/mol. The molecule has 0 unspecified atom stereocenters. The molecule has 1 heterocycles. The van der Waals surface area contributed by atoms with Gasteiger partial charge in [-0.05, 0) is 22.0 Å². The van der Waals surface area contributed by atoms with Crippen LogP contribution in [0.3, 0.4) is 0 Å². The third-order valence-corrected chi connectivity index (χ3v) is 3.46. The Bertz CT molecular complexity index is 595. The molecule has 1 aromatic carbocycles. The van der Waals surface area contributed by atoms with Crippen molar-refractivity contribution in [3.8, 4) is 0 Å². The lowest BCUT2D eigenvalue weighted by Gasteiger charge is -2.09. The molecule has 0 saturated carbocycles. The number of nitrogens with two attached hydrogens (primary N) is 1. The Labute approximate surface area is 109 Å². The van der Waals surface area contributed by atoms with Crippen LogP contribution in [-0.2, 0) is 6.54 Å². The zero-order valence-electron chi connectivity index (χ0n) is 8.59. The van der Waals surface area contributed by atoms with E-state index >= 15 is 0 Å². The van der Waals surface area contributed by atoms with E-state index in [9.17, 15) is 9.18 Å². The van der Waals surface area contributed by atoms with Crippen LogP contribution in [0.4, 0.5) is 15.8 Å². The number of rotatable bonds is 3. The number of benzene rings is 1. The summed E-state index contributed by atoms with van der Waals surface area (Å²) in [5, 5.41) is 4.67. The molecule has 0 aliphatic rings. The maximum absolute atomic E-state index is 13.3. The van der Waals surface area contributed by atoms with Crippen molar-refractivity contribution >= 4 is 38.6 Å². The molecule has 0 bridgehead atoms. The molecule has 17 heavy (non-hydrogen) atoms. The molecular formula is C10H9BrFN3OS. The second kappa shape index (κ2) is 4.89. The van der Waals surface area contributed by atoms with E-state index in [0.717, 1.165) is 17.0 Å². The lowest BCUT2D eigenvalue weighted by molar-refractivity contribution is 0.622. The maximum Gasteiger partial charge on any atom is 0.304 e. The van der Waals surface area contributed by atoms with E-state index in [2.05, 4.69) is 26.2 Å². The largest absolute Gasteiger partial charge is 0.397 e. The van der Waals surface area contributed by atoms with E-state index in [4.69, 9.17) is 5.73 Å². The van der Waals surface area contributed by atoms with Gasteiger partial charge in [0, 0.05) is 17.1 Å². The van der Waals surface area contributed by atoms with Gasteiger partial charge in [0.2, 0.25) is 0 Å². The summed E-state index contributed by atoms with van der Waals surface area (Å²) in [7, 11) is 0. The predicted octanol–water partition coefficient (Wildman–Crippen LogP) is 2.53. The number of anilines is 2. The van der Waals surface area contributed by atoms with Crippen LogP contribution in [0.25, 0.3) is 0 Å². The van der Waals surface area contributed by atoms with Crippen molar-refractivity contribution in [3.63, 3.8) is 0 Å². The molecule has 2 aromatic rings. The van der Waals surface area contributed by atoms with E-state index in [-0.39, 0.29) is 10.7 Å². The fourth-order valence-electron chi connectivity index (χ4n) is 1.31. The highest BCUT2D eigenvalue weighted by Gasteiger charge is 2.06. The van der Waals surface area contributed by atoms with Crippen LogP contribution in [0.5, 0.6) is 0 Å². The minimum absolute atomic E-state index is 0.114. The minimum atomic E-state index is -0.388. The first-order chi connectivity index (χ1) is 8.06. The van der Waals surface area contributed by atoms with E-state index in [1.165, 1.54) is 12.1 Å². The molecule has 4 nitrogen and oxygen atoms in total. The summed E-state index contributed by atoms with van der Waals surface area (Å²) in [6.45, 7) is 0.393. The Morgan fingerprint density at radius 2 is 2.29 bits per heavy atom. The Balaban J connectivity index is 2.14. The summed E-state index contributed by atoms with van der Waals surface area (Å²) in [6, 6.07) is 2.80. The number of aromatic nitrogens is 1. The number of thiazole rings is 1. The van der Waals surface area contributed by atoms with Crippen molar-refractivity contribution in [3.05, 3.63) is 43.2 Å². The van der Waals surface area contributed by atoms with E-state index in [1.54, 1.807) is 5.38 Å². The molecule has 90 valence electrons. The Hall–Kier alpha value is -1.34. The fourth-order valence-corrected chi connectivity index (χ4v) is 2.25. The number of H-pyrrole nitrogens is 1. The zero-order chi connectivity index (χ0) is 12.4. The number of hydrogen-bond donors (Lipinski definition) is 3. The fraction of sp³-hybridized carbons (Fsp3) is 0.100. The van der Waals surface area contributed by atoms with Gasteiger partial charge in [0.05, 0.1) is 22.4 Å². The normalized spacial score (nSPS) is 10.5. The monoisotopic (exact) mass is 317 g/mol. The number of hydrogen-bond acceptors (Lipinski definition) is 4. The molecule has 7 heteroatoms. The molecule has 4 N–H and O–H groups in total. The lowest BCUT2D eigenvalue weighted by Crippen LogP contribution is -2.05. The summed E-state index contributed by atoms with van der Waals surface area (Å²) < 4.78 is 13.6. The standard InChI is InChI=1S/C10H9BrFN3OS/c11-6-1-8(13)9(2-7(6)12)14-3-5-4-17-10(16)15-5/h1-2,4,14H,3,13H2,(H,15,16). The molecule has 0 fully saturated rings. The minimum Gasteiger partial charge on any atom is -0.397 e. The van der Waals surface area contributed by atoms with Crippen molar-refractivity contribution in [2.24, 2.45) is 0 Å². The van der Waals surface area contributed by atoms with Crippen LogP contribution in [0, 0.1) is 5.82 Å². The van der Waals surface area contributed by atoms with Gasteiger partial charge >= 0.3 is 4.87 Å². The van der Waals surface area contributed by atoms with E-state index < -0.39 is 0 Å². The Morgan fingerprint density at radius 3 is 2.94 bits per heavy atom. The third-order valence-electron chi connectivity index (χ3n) is 2.13. The highest BCUT2D eigenvalue weighted by Crippen LogP contribution is 2.26. The molecule has 1 aromatic heterocycles. The number of nitrogen functional groups attached to an aromatic ring is 1.